The van der Waals surface area contributed by atoms with Gasteiger partial charge in [-0.15, -0.1) is 11.3 Å². The molecule has 0 saturated heterocycles. The molecule has 0 aliphatic carbocycles. The van der Waals surface area contributed by atoms with Crippen LogP contribution in [0.25, 0.3) is 0 Å². The molecule has 3 rings (SSSR count). The minimum Gasteiger partial charge on any atom is -0.446 e. The van der Waals surface area contributed by atoms with Crippen LogP contribution in [-0.4, -0.2) is 11.9 Å². The zero-order valence-electron chi connectivity index (χ0n) is 11.4. The lowest BCUT2D eigenvalue weighted by molar-refractivity contribution is 0.574. The van der Waals surface area contributed by atoms with Crippen LogP contribution in [0.2, 0.25) is 6.32 Å². The second kappa shape index (κ2) is 5.52. The summed E-state index contributed by atoms with van der Waals surface area (Å²) in [6, 6.07) is 8.95. The number of hydrogen-bond acceptors (Lipinski definition) is 2. The summed E-state index contributed by atoms with van der Waals surface area (Å²) in [5.74, 6) is 0. The third-order valence-corrected chi connectivity index (χ3v) is 5.05. The molecule has 0 amide bonds. The maximum atomic E-state index is 10.1. The van der Waals surface area contributed by atoms with Crippen LogP contribution in [0.4, 0.5) is 0 Å². The Bertz CT molecular complexity index is 576. The predicted octanol–water partition coefficient (Wildman–Crippen LogP) is 2.98. The van der Waals surface area contributed by atoms with Crippen molar-refractivity contribution in [2.75, 3.05) is 0 Å². The monoisotopic (exact) mass is 270 g/mol. The maximum Gasteiger partial charge on any atom is 0.323 e. The van der Waals surface area contributed by atoms with Crippen molar-refractivity contribution < 1.29 is 5.02 Å². The molecule has 3 heteroatoms. The molecule has 0 fully saturated rings. The molecule has 0 bridgehead atoms. The minimum absolute atomic E-state index is 0.243. The molecular weight excluding hydrogens is 251 g/mol. The van der Waals surface area contributed by atoms with E-state index < -0.39 is 0 Å². The average molecular weight is 270 g/mol. The lowest BCUT2D eigenvalue weighted by Crippen LogP contribution is -2.36. The van der Waals surface area contributed by atoms with Gasteiger partial charge in [0.15, 0.2) is 0 Å². The SMILES string of the molecule is Cc1csc(CCc2ccc3c(c2)B(O)CCC3)c1. The van der Waals surface area contributed by atoms with Gasteiger partial charge in [0, 0.05) is 4.88 Å². The summed E-state index contributed by atoms with van der Waals surface area (Å²) in [6.07, 6.45) is 5.33. The van der Waals surface area contributed by atoms with Crippen molar-refractivity contribution >= 4 is 23.7 Å². The summed E-state index contributed by atoms with van der Waals surface area (Å²) in [6.45, 7) is 1.91. The van der Waals surface area contributed by atoms with E-state index in [-0.39, 0.29) is 6.92 Å². The fourth-order valence-electron chi connectivity index (χ4n) is 2.87. The summed E-state index contributed by atoms with van der Waals surface area (Å²) in [5.41, 5.74) is 5.23. The molecule has 1 aliphatic heterocycles. The molecule has 19 heavy (non-hydrogen) atoms. The third kappa shape index (κ3) is 2.93. The Labute approximate surface area is 119 Å². The highest BCUT2D eigenvalue weighted by molar-refractivity contribution is 7.10. The summed E-state index contributed by atoms with van der Waals surface area (Å²) >= 11 is 1.85. The van der Waals surface area contributed by atoms with Gasteiger partial charge in [-0.25, -0.2) is 0 Å². The molecule has 0 saturated carbocycles. The summed E-state index contributed by atoms with van der Waals surface area (Å²) in [7, 11) is 0. The van der Waals surface area contributed by atoms with Crippen LogP contribution < -0.4 is 5.46 Å². The zero-order chi connectivity index (χ0) is 13.2. The Morgan fingerprint density at radius 1 is 1.26 bits per heavy atom. The highest BCUT2D eigenvalue weighted by atomic mass is 32.1. The molecule has 0 atom stereocenters. The van der Waals surface area contributed by atoms with Gasteiger partial charge >= 0.3 is 6.92 Å². The minimum atomic E-state index is -0.243. The summed E-state index contributed by atoms with van der Waals surface area (Å²) < 4.78 is 0. The fraction of sp³-hybridized carbons (Fsp3) is 0.375. The van der Waals surface area contributed by atoms with Crippen LogP contribution in [0.15, 0.2) is 29.6 Å². The summed E-state index contributed by atoms with van der Waals surface area (Å²) in [4.78, 5) is 1.45. The van der Waals surface area contributed by atoms with Gasteiger partial charge in [-0.2, -0.15) is 0 Å². The van der Waals surface area contributed by atoms with E-state index in [1.807, 2.05) is 11.3 Å². The van der Waals surface area contributed by atoms with Gasteiger partial charge in [-0.3, -0.25) is 0 Å². The predicted molar refractivity (Wildman–Crippen MR) is 83.6 cm³/mol. The van der Waals surface area contributed by atoms with Crippen molar-refractivity contribution in [2.45, 2.75) is 38.9 Å². The molecular formula is C16H19BOS. The maximum absolute atomic E-state index is 10.1. The lowest BCUT2D eigenvalue weighted by Gasteiger charge is -2.19. The quantitative estimate of drug-likeness (QED) is 0.850. The molecule has 2 heterocycles. The van der Waals surface area contributed by atoms with Gasteiger partial charge in [0.25, 0.3) is 0 Å². The molecule has 0 spiro atoms. The van der Waals surface area contributed by atoms with Crippen molar-refractivity contribution in [3.63, 3.8) is 0 Å². The normalized spacial score (nSPS) is 14.5. The van der Waals surface area contributed by atoms with Crippen molar-refractivity contribution in [3.05, 3.63) is 51.2 Å². The molecule has 1 aliphatic rings. The topological polar surface area (TPSA) is 20.2 Å². The Hall–Kier alpha value is -1.06. The standard InChI is InChI=1S/C16H19BOS/c1-12-9-15(19-11-12)7-5-13-4-6-14-3-2-8-17(18)16(14)10-13/h4,6,9-11,18H,2-3,5,7-8H2,1H3. The van der Waals surface area contributed by atoms with Gasteiger partial charge in [-0.1, -0.05) is 30.2 Å². The Balaban J connectivity index is 1.73. The highest BCUT2D eigenvalue weighted by Crippen LogP contribution is 2.18. The zero-order valence-corrected chi connectivity index (χ0v) is 12.2. The number of rotatable bonds is 3. The smallest absolute Gasteiger partial charge is 0.323 e. The molecule has 1 nitrogen and oxygen atoms in total. The fourth-order valence-corrected chi connectivity index (χ4v) is 3.75. The van der Waals surface area contributed by atoms with Crippen LogP contribution in [-0.2, 0) is 19.3 Å². The van der Waals surface area contributed by atoms with E-state index in [4.69, 9.17) is 0 Å². The second-order valence-electron chi connectivity index (χ2n) is 5.53. The van der Waals surface area contributed by atoms with Crippen LogP contribution in [0.5, 0.6) is 0 Å². The Kier molecular flexibility index (Phi) is 3.76. The van der Waals surface area contributed by atoms with E-state index >= 15 is 0 Å². The van der Waals surface area contributed by atoms with Crippen LogP contribution >= 0.6 is 11.3 Å². The van der Waals surface area contributed by atoms with Gasteiger partial charge in [-0.05, 0) is 60.5 Å². The van der Waals surface area contributed by atoms with Gasteiger partial charge in [0.1, 0.15) is 0 Å². The van der Waals surface area contributed by atoms with Gasteiger partial charge in [0.2, 0.25) is 0 Å². The van der Waals surface area contributed by atoms with Crippen LogP contribution in [0.3, 0.4) is 0 Å². The number of hydrogen-bond donors (Lipinski definition) is 1. The second-order valence-corrected chi connectivity index (χ2v) is 6.53. The third-order valence-electron chi connectivity index (χ3n) is 3.94. The van der Waals surface area contributed by atoms with Gasteiger partial charge < -0.3 is 5.02 Å². The average Bonchev–Trinajstić information content (AvgIpc) is 2.83. The first kappa shape index (κ1) is 13.0. The van der Waals surface area contributed by atoms with Crippen molar-refractivity contribution in [2.24, 2.45) is 0 Å². The lowest BCUT2D eigenvalue weighted by atomic mass is 9.53. The van der Waals surface area contributed by atoms with Crippen molar-refractivity contribution in [3.8, 4) is 0 Å². The van der Waals surface area contributed by atoms with Crippen LogP contribution in [0, 0.1) is 6.92 Å². The van der Waals surface area contributed by atoms with E-state index in [9.17, 15) is 5.02 Å². The van der Waals surface area contributed by atoms with Crippen molar-refractivity contribution in [1.29, 1.82) is 0 Å². The van der Waals surface area contributed by atoms with E-state index in [1.165, 1.54) is 27.0 Å². The Morgan fingerprint density at radius 3 is 2.95 bits per heavy atom. The molecule has 1 aromatic carbocycles. The van der Waals surface area contributed by atoms with E-state index in [0.717, 1.165) is 32.0 Å². The van der Waals surface area contributed by atoms with Crippen molar-refractivity contribution in [1.82, 2.24) is 0 Å². The van der Waals surface area contributed by atoms with E-state index in [0.29, 0.717) is 0 Å². The first-order chi connectivity index (χ1) is 9.22. The largest absolute Gasteiger partial charge is 0.446 e. The molecule has 1 N–H and O–H groups in total. The molecule has 98 valence electrons. The first-order valence-electron chi connectivity index (χ1n) is 7.06. The van der Waals surface area contributed by atoms with E-state index in [1.54, 1.807) is 0 Å². The molecule has 0 unspecified atom stereocenters. The molecule has 0 radical (unpaired) electrons. The Morgan fingerprint density at radius 2 is 2.16 bits per heavy atom. The summed E-state index contributed by atoms with van der Waals surface area (Å²) in [5, 5.41) is 12.3. The molecule has 2 aromatic rings. The number of fused-ring (bicyclic) bond motifs is 1. The van der Waals surface area contributed by atoms with Crippen LogP contribution in [0.1, 0.15) is 28.0 Å². The first-order valence-corrected chi connectivity index (χ1v) is 7.94. The molecule has 1 aromatic heterocycles. The number of aryl methyl sites for hydroxylation is 4. The van der Waals surface area contributed by atoms with Gasteiger partial charge in [0.05, 0.1) is 0 Å². The number of benzene rings is 1. The number of thiophene rings is 1. The highest BCUT2D eigenvalue weighted by Gasteiger charge is 2.22. The van der Waals surface area contributed by atoms with E-state index in [2.05, 4.69) is 36.6 Å².